The van der Waals surface area contributed by atoms with E-state index in [9.17, 15) is 4.79 Å². The predicted molar refractivity (Wildman–Crippen MR) is 80.5 cm³/mol. The second-order valence-electron chi connectivity index (χ2n) is 3.85. The molecule has 0 bridgehead atoms. The Bertz CT molecular complexity index is 569. The minimum Gasteiger partial charge on any atom is -0.497 e. The van der Waals surface area contributed by atoms with E-state index in [0.717, 1.165) is 5.56 Å². The molecule has 0 aromatic heterocycles. The summed E-state index contributed by atoms with van der Waals surface area (Å²) in [4.78, 5) is 14.0. The van der Waals surface area contributed by atoms with Crippen LogP contribution >= 0.6 is 24.0 Å². The van der Waals surface area contributed by atoms with Crippen molar-refractivity contribution in [3.63, 3.8) is 0 Å². The first-order chi connectivity index (χ1) is 9.06. The van der Waals surface area contributed by atoms with Gasteiger partial charge in [0.05, 0.1) is 19.1 Å². The van der Waals surface area contributed by atoms with Crippen LogP contribution in [0.2, 0.25) is 0 Å². The van der Waals surface area contributed by atoms with E-state index in [4.69, 9.17) is 21.7 Å². The molecule has 0 atom stereocenters. The van der Waals surface area contributed by atoms with Crippen molar-refractivity contribution >= 4 is 40.3 Å². The number of amides is 1. The standard InChI is InChI=1S/C13H13NO3S2/c1-14-12(15)11(19-13(14)18)6-8-4-5-9(16-2)7-10(8)17-3/h4-7H,1-3H3/b11-6+. The summed E-state index contributed by atoms with van der Waals surface area (Å²) in [6.07, 6.45) is 1.78. The molecule has 0 aliphatic carbocycles. The second kappa shape index (κ2) is 5.63. The van der Waals surface area contributed by atoms with Crippen molar-refractivity contribution in [3.8, 4) is 11.5 Å². The number of nitrogens with zero attached hydrogens (tertiary/aromatic N) is 1. The third kappa shape index (κ3) is 2.74. The number of thiocarbonyl (C=S) groups is 1. The van der Waals surface area contributed by atoms with Crippen LogP contribution in [0.1, 0.15) is 5.56 Å². The van der Waals surface area contributed by atoms with Crippen LogP contribution in [0.4, 0.5) is 0 Å². The molecule has 1 fully saturated rings. The van der Waals surface area contributed by atoms with Gasteiger partial charge in [0.1, 0.15) is 15.8 Å². The minimum absolute atomic E-state index is 0.0899. The van der Waals surface area contributed by atoms with Crippen molar-refractivity contribution in [1.29, 1.82) is 0 Å². The second-order valence-corrected chi connectivity index (χ2v) is 5.52. The summed E-state index contributed by atoms with van der Waals surface area (Å²) >= 11 is 6.38. The molecule has 1 aromatic carbocycles. The number of likely N-dealkylation sites (N-methyl/N-ethyl adjacent to an activating group) is 1. The Hall–Kier alpha value is -1.53. The third-order valence-corrected chi connectivity index (χ3v) is 4.20. The normalized spacial score (nSPS) is 17.2. The molecule has 100 valence electrons. The van der Waals surface area contributed by atoms with Crippen LogP contribution < -0.4 is 9.47 Å². The maximum Gasteiger partial charge on any atom is 0.265 e. The largest absolute Gasteiger partial charge is 0.497 e. The first kappa shape index (κ1) is 13.9. The molecule has 0 saturated carbocycles. The van der Waals surface area contributed by atoms with Gasteiger partial charge >= 0.3 is 0 Å². The minimum atomic E-state index is -0.0899. The summed E-state index contributed by atoms with van der Waals surface area (Å²) in [6.45, 7) is 0. The lowest BCUT2D eigenvalue weighted by atomic mass is 10.1. The van der Waals surface area contributed by atoms with E-state index in [2.05, 4.69) is 0 Å². The van der Waals surface area contributed by atoms with Gasteiger partial charge in [0.15, 0.2) is 0 Å². The third-order valence-electron chi connectivity index (χ3n) is 2.71. The fourth-order valence-corrected chi connectivity index (χ4v) is 2.79. The maximum atomic E-state index is 11.9. The Balaban J connectivity index is 2.38. The Labute approximate surface area is 121 Å². The SMILES string of the molecule is COc1ccc(/C=C2/SC(=S)N(C)C2=O)c(OC)c1. The zero-order chi connectivity index (χ0) is 14.0. The van der Waals surface area contributed by atoms with Crippen molar-refractivity contribution in [3.05, 3.63) is 28.7 Å². The fraction of sp³-hybridized carbons (Fsp3) is 0.231. The molecule has 2 rings (SSSR count). The number of hydrogen-bond acceptors (Lipinski definition) is 5. The summed E-state index contributed by atoms with van der Waals surface area (Å²) in [7, 11) is 4.84. The van der Waals surface area contributed by atoms with Crippen molar-refractivity contribution in [2.75, 3.05) is 21.3 Å². The van der Waals surface area contributed by atoms with Gasteiger partial charge in [-0.1, -0.05) is 24.0 Å². The van der Waals surface area contributed by atoms with Crippen LogP contribution in [0.25, 0.3) is 6.08 Å². The number of ether oxygens (including phenoxy) is 2. The van der Waals surface area contributed by atoms with Gasteiger partial charge < -0.3 is 9.47 Å². The summed E-state index contributed by atoms with van der Waals surface area (Å²) < 4.78 is 11.0. The van der Waals surface area contributed by atoms with E-state index in [-0.39, 0.29) is 5.91 Å². The molecule has 1 aromatic rings. The zero-order valence-corrected chi connectivity index (χ0v) is 12.4. The van der Waals surface area contributed by atoms with E-state index in [1.807, 2.05) is 12.1 Å². The molecule has 1 heterocycles. The number of carbonyl (C=O) groups excluding carboxylic acids is 1. The van der Waals surface area contributed by atoms with Gasteiger partial charge in [-0.2, -0.15) is 0 Å². The first-order valence-corrected chi connectivity index (χ1v) is 6.73. The molecular weight excluding hydrogens is 282 g/mol. The van der Waals surface area contributed by atoms with Crippen molar-refractivity contribution in [2.45, 2.75) is 0 Å². The average Bonchev–Trinajstić information content (AvgIpc) is 2.67. The fourth-order valence-electron chi connectivity index (χ4n) is 1.62. The van der Waals surface area contributed by atoms with Gasteiger partial charge in [-0.25, -0.2) is 0 Å². The molecule has 0 N–H and O–H groups in total. The molecule has 1 aliphatic heterocycles. The molecule has 0 unspecified atom stereocenters. The van der Waals surface area contributed by atoms with Crippen LogP contribution in [0.5, 0.6) is 11.5 Å². The lowest BCUT2D eigenvalue weighted by Crippen LogP contribution is -2.22. The Morgan fingerprint density at radius 1 is 1.32 bits per heavy atom. The van der Waals surface area contributed by atoms with Crippen LogP contribution in [-0.2, 0) is 4.79 Å². The quantitative estimate of drug-likeness (QED) is 0.633. The van der Waals surface area contributed by atoms with Crippen LogP contribution in [0, 0.1) is 0 Å². The number of thioether (sulfide) groups is 1. The number of hydrogen-bond donors (Lipinski definition) is 0. The topological polar surface area (TPSA) is 38.8 Å². The van der Waals surface area contributed by atoms with Crippen molar-refractivity contribution in [2.24, 2.45) is 0 Å². The number of methoxy groups -OCH3 is 2. The molecule has 1 aliphatic rings. The van der Waals surface area contributed by atoms with E-state index in [1.54, 1.807) is 33.4 Å². The number of rotatable bonds is 3. The average molecular weight is 295 g/mol. The summed E-state index contributed by atoms with van der Waals surface area (Å²) in [6, 6.07) is 5.44. The van der Waals surface area contributed by atoms with E-state index < -0.39 is 0 Å². The summed E-state index contributed by atoms with van der Waals surface area (Å²) in [5.74, 6) is 1.27. The Morgan fingerprint density at radius 3 is 2.58 bits per heavy atom. The predicted octanol–water partition coefficient (Wildman–Crippen LogP) is 2.53. The highest BCUT2D eigenvalue weighted by Gasteiger charge is 2.28. The summed E-state index contributed by atoms with van der Waals surface area (Å²) in [5, 5.41) is 0. The van der Waals surface area contributed by atoms with Crippen molar-refractivity contribution in [1.82, 2.24) is 4.90 Å². The van der Waals surface area contributed by atoms with Gasteiger partial charge in [-0.05, 0) is 18.2 Å². The molecule has 1 saturated heterocycles. The highest BCUT2D eigenvalue weighted by atomic mass is 32.2. The van der Waals surface area contributed by atoms with Gasteiger partial charge in [-0.3, -0.25) is 9.69 Å². The van der Waals surface area contributed by atoms with Crippen LogP contribution in [0.3, 0.4) is 0 Å². The molecule has 0 spiro atoms. The summed E-state index contributed by atoms with van der Waals surface area (Å²) in [5.41, 5.74) is 0.817. The lowest BCUT2D eigenvalue weighted by molar-refractivity contribution is -0.121. The molecule has 4 nitrogen and oxygen atoms in total. The van der Waals surface area contributed by atoms with E-state index in [0.29, 0.717) is 20.7 Å². The zero-order valence-electron chi connectivity index (χ0n) is 10.8. The lowest BCUT2D eigenvalue weighted by Gasteiger charge is -2.08. The monoisotopic (exact) mass is 295 g/mol. The highest BCUT2D eigenvalue weighted by Crippen LogP contribution is 2.34. The number of benzene rings is 1. The molecule has 1 amide bonds. The Kier molecular flexibility index (Phi) is 4.11. The molecule has 0 radical (unpaired) electrons. The van der Waals surface area contributed by atoms with Crippen molar-refractivity contribution < 1.29 is 14.3 Å². The molecular formula is C13H13NO3S2. The molecule has 19 heavy (non-hydrogen) atoms. The van der Waals surface area contributed by atoms with Gasteiger partial charge in [0, 0.05) is 18.7 Å². The first-order valence-electron chi connectivity index (χ1n) is 5.50. The van der Waals surface area contributed by atoms with E-state index in [1.165, 1.54) is 16.7 Å². The van der Waals surface area contributed by atoms with E-state index >= 15 is 0 Å². The van der Waals surface area contributed by atoms with Gasteiger partial charge in [-0.15, -0.1) is 0 Å². The highest BCUT2D eigenvalue weighted by molar-refractivity contribution is 8.26. The van der Waals surface area contributed by atoms with Gasteiger partial charge in [0.25, 0.3) is 5.91 Å². The maximum absolute atomic E-state index is 11.9. The molecule has 6 heteroatoms. The Morgan fingerprint density at radius 2 is 2.05 bits per heavy atom. The number of carbonyl (C=O) groups is 1. The van der Waals surface area contributed by atoms with Crippen LogP contribution in [0.15, 0.2) is 23.1 Å². The van der Waals surface area contributed by atoms with Crippen LogP contribution in [-0.4, -0.2) is 36.4 Å². The van der Waals surface area contributed by atoms with Gasteiger partial charge in [0.2, 0.25) is 0 Å². The smallest absolute Gasteiger partial charge is 0.265 e.